The standard InChI is InChI=1S/C14H24N2O2/c1-16(2)14(11-15-8-5-9-17)12-6-4-7-13(10-12)18-3/h4,6-7,10,14-15,17H,5,8-9,11H2,1-3H3. The molecule has 0 saturated carbocycles. The Kier molecular flexibility index (Phi) is 6.72. The van der Waals surface area contributed by atoms with Crippen LogP contribution in [0.15, 0.2) is 24.3 Å². The van der Waals surface area contributed by atoms with Crippen molar-refractivity contribution < 1.29 is 9.84 Å². The van der Waals surface area contributed by atoms with Gasteiger partial charge in [0.2, 0.25) is 0 Å². The van der Waals surface area contributed by atoms with Crippen LogP contribution in [0.3, 0.4) is 0 Å². The number of ether oxygens (including phenoxy) is 1. The van der Waals surface area contributed by atoms with Gasteiger partial charge in [-0.2, -0.15) is 0 Å². The van der Waals surface area contributed by atoms with E-state index >= 15 is 0 Å². The summed E-state index contributed by atoms with van der Waals surface area (Å²) < 4.78 is 5.26. The topological polar surface area (TPSA) is 44.7 Å². The predicted octanol–water partition coefficient (Wildman–Crippen LogP) is 1.27. The second-order valence-electron chi connectivity index (χ2n) is 4.54. The molecule has 2 N–H and O–H groups in total. The number of likely N-dealkylation sites (N-methyl/N-ethyl adjacent to an activating group) is 1. The van der Waals surface area contributed by atoms with Gasteiger partial charge in [0.1, 0.15) is 5.75 Å². The van der Waals surface area contributed by atoms with E-state index in [9.17, 15) is 0 Å². The summed E-state index contributed by atoms with van der Waals surface area (Å²) in [6.07, 6.45) is 0.790. The predicted molar refractivity (Wildman–Crippen MR) is 74.0 cm³/mol. The molecule has 1 unspecified atom stereocenters. The molecule has 0 saturated heterocycles. The third-order valence-electron chi connectivity index (χ3n) is 2.95. The van der Waals surface area contributed by atoms with Crippen LogP contribution in [0, 0.1) is 0 Å². The molecule has 0 radical (unpaired) electrons. The molecular formula is C14H24N2O2. The molecule has 0 amide bonds. The number of aliphatic hydroxyl groups is 1. The number of rotatable bonds is 8. The summed E-state index contributed by atoms with van der Waals surface area (Å²) >= 11 is 0. The molecule has 18 heavy (non-hydrogen) atoms. The minimum atomic E-state index is 0.235. The summed E-state index contributed by atoms with van der Waals surface area (Å²) in [4.78, 5) is 2.18. The molecule has 0 aliphatic carbocycles. The van der Waals surface area contributed by atoms with Gasteiger partial charge in [-0.25, -0.2) is 0 Å². The van der Waals surface area contributed by atoms with Crippen LogP contribution in [0.5, 0.6) is 5.75 Å². The van der Waals surface area contributed by atoms with Crippen LogP contribution in [0.1, 0.15) is 18.0 Å². The van der Waals surface area contributed by atoms with Crippen LogP contribution < -0.4 is 10.1 Å². The SMILES string of the molecule is COc1cccc(C(CNCCCO)N(C)C)c1. The number of hydrogen-bond donors (Lipinski definition) is 2. The number of nitrogens with one attached hydrogen (secondary N) is 1. The Morgan fingerprint density at radius 1 is 1.39 bits per heavy atom. The molecule has 1 rings (SSSR count). The number of benzene rings is 1. The molecule has 1 aromatic carbocycles. The van der Waals surface area contributed by atoms with Gasteiger partial charge in [-0.1, -0.05) is 12.1 Å². The fraction of sp³-hybridized carbons (Fsp3) is 0.571. The molecule has 4 heteroatoms. The number of methoxy groups -OCH3 is 1. The molecule has 0 aliphatic rings. The van der Waals surface area contributed by atoms with E-state index in [0.717, 1.165) is 25.3 Å². The Hall–Kier alpha value is -1.10. The molecule has 1 aromatic rings. The number of hydrogen-bond acceptors (Lipinski definition) is 4. The molecule has 0 bridgehead atoms. The second-order valence-corrected chi connectivity index (χ2v) is 4.54. The van der Waals surface area contributed by atoms with E-state index < -0.39 is 0 Å². The third-order valence-corrected chi connectivity index (χ3v) is 2.95. The van der Waals surface area contributed by atoms with Crippen molar-refractivity contribution in [3.63, 3.8) is 0 Å². The summed E-state index contributed by atoms with van der Waals surface area (Å²) in [5, 5.41) is 12.1. The van der Waals surface area contributed by atoms with E-state index in [1.165, 1.54) is 5.56 Å². The highest BCUT2D eigenvalue weighted by molar-refractivity contribution is 5.30. The Bertz CT molecular complexity index is 342. The van der Waals surface area contributed by atoms with Crippen molar-refractivity contribution in [2.45, 2.75) is 12.5 Å². The van der Waals surface area contributed by atoms with Crippen molar-refractivity contribution in [2.24, 2.45) is 0 Å². The molecule has 1 atom stereocenters. The van der Waals surface area contributed by atoms with Crippen LogP contribution in [-0.2, 0) is 0 Å². The lowest BCUT2D eigenvalue weighted by atomic mass is 10.1. The molecule has 0 spiro atoms. The first-order chi connectivity index (χ1) is 8.69. The zero-order chi connectivity index (χ0) is 13.4. The maximum atomic E-state index is 8.76. The van der Waals surface area contributed by atoms with Crippen LogP contribution >= 0.6 is 0 Å². The lowest BCUT2D eigenvalue weighted by Gasteiger charge is -2.25. The Morgan fingerprint density at radius 2 is 2.17 bits per heavy atom. The largest absolute Gasteiger partial charge is 0.497 e. The van der Waals surface area contributed by atoms with Crippen molar-refractivity contribution in [3.05, 3.63) is 29.8 Å². The highest BCUT2D eigenvalue weighted by Crippen LogP contribution is 2.21. The summed E-state index contributed by atoms with van der Waals surface area (Å²) in [6.45, 7) is 1.93. The van der Waals surface area contributed by atoms with E-state index in [4.69, 9.17) is 9.84 Å². The summed E-state index contributed by atoms with van der Waals surface area (Å²) in [5.74, 6) is 0.884. The van der Waals surface area contributed by atoms with Gasteiger partial charge in [0.05, 0.1) is 7.11 Å². The van der Waals surface area contributed by atoms with Crippen molar-refractivity contribution in [1.82, 2.24) is 10.2 Å². The highest BCUT2D eigenvalue weighted by atomic mass is 16.5. The maximum Gasteiger partial charge on any atom is 0.119 e. The van der Waals surface area contributed by atoms with E-state index in [1.807, 2.05) is 12.1 Å². The first kappa shape index (κ1) is 15.0. The van der Waals surface area contributed by atoms with Gasteiger partial charge in [0, 0.05) is 19.2 Å². The van der Waals surface area contributed by atoms with Gasteiger partial charge in [-0.05, 0) is 44.8 Å². The monoisotopic (exact) mass is 252 g/mol. The van der Waals surface area contributed by atoms with Gasteiger partial charge >= 0.3 is 0 Å². The van der Waals surface area contributed by atoms with Crippen LogP contribution in [0.25, 0.3) is 0 Å². The summed E-state index contributed by atoms with van der Waals surface area (Å²) in [7, 11) is 5.82. The first-order valence-electron chi connectivity index (χ1n) is 6.31. The molecule has 0 aliphatic heterocycles. The fourth-order valence-electron chi connectivity index (χ4n) is 1.89. The number of aliphatic hydroxyl groups excluding tert-OH is 1. The second kappa shape index (κ2) is 8.08. The van der Waals surface area contributed by atoms with E-state index in [0.29, 0.717) is 6.04 Å². The number of nitrogens with zero attached hydrogens (tertiary/aromatic N) is 1. The Balaban J connectivity index is 2.65. The van der Waals surface area contributed by atoms with Crippen LogP contribution in [0.4, 0.5) is 0 Å². The molecule has 0 fully saturated rings. The van der Waals surface area contributed by atoms with Crippen molar-refractivity contribution in [3.8, 4) is 5.75 Å². The van der Waals surface area contributed by atoms with E-state index in [1.54, 1.807) is 7.11 Å². The lowest BCUT2D eigenvalue weighted by molar-refractivity contribution is 0.269. The lowest BCUT2D eigenvalue weighted by Crippen LogP contribution is -2.31. The molecular weight excluding hydrogens is 228 g/mol. The average Bonchev–Trinajstić information content (AvgIpc) is 2.38. The maximum absolute atomic E-state index is 8.76. The van der Waals surface area contributed by atoms with Gasteiger partial charge in [0.15, 0.2) is 0 Å². The van der Waals surface area contributed by atoms with Crippen molar-refractivity contribution in [2.75, 3.05) is 40.9 Å². The highest BCUT2D eigenvalue weighted by Gasteiger charge is 2.13. The Labute approximate surface area is 110 Å². The smallest absolute Gasteiger partial charge is 0.119 e. The zero-order valence-corrected chi connectivity index (χ0v) is 11.5. The quantitative estimate of drug-likeness (QED) is 0.684. The minimum Gasteiger partial charge on any atom is -0.497 e. The third kappa shape index (κ3) is 4.64. The average molecular weight is 252 g/mol. The van der Waals surface area contributed by atoms with Gasteiger partial charge in [0.25, 0.3) is 0 Å². The molecule has 0 heterocycles. The molecule has 102 valence electrons. The fourth-order valence-corrected chi connectivity index (χ4v) is 1.89. The zero-order valence-electron chi connectivity index (χ0n) is 11.5. The van der Waals surface area contributed by atoms with Crippen molar-refractivity contribution >= 4 is 0 Å². The molecule has 4 nitrogen and oxygen atoms in total. The van der Waals surface area contributed by atoms with Crippen molar-refractivity contribution in [1.29, 1.82) is 0 Å². The normalized spacial score (nSPS) is 12.7. The van der Waals surface area contributed by atoms with Gasteiger partial charge in [-0.3, -0.25) is 0 Å². The van der Waals surface area contributed by atoms with Gasteiger partial charge in [-0.15, -0.1) is 0 Å². The summed E-state index contributed by atoms with van der Waals surface area (Å²) in [5.41, 5.74) is 1.23. The minimum absolute atomic E-state index is 0.235. The van der Waals surface area contributed by atoms with Crippen LogP contribution in [-0.4, -0.2) is 50.9 Å². The van der Waals surface area contributed by atoms with E-state index in [-0.39, 0.29) is 6.61 Å². The Morgan fingerprint density at radius 3 is 2.78 bits per heavy atom. The van der Waals surface area contributed by atoms with Gasteiger partial charge < -0.3 is 20.1 Å². The van der Waals surface area contributed by atoms with E-state index in [2.05, 4.69) is 36.4 Å². The molecule has 0 aromatic heterocycles. The summed E-state index contributed by atoms with van der Waals surface area (Å²) in [6, 6.07) is 8.45. The first-order valence-corrected chi connectivity index (χ1v) is 6.31. The van der Waals surface area contributed by atoms with Crippen LogP contribution in [0.2, 0.25) is 0 Å².